The van der Waals surface area contributed by atoms with Gasteiger partial charge in [0.05, 0.1) is 5.02 Å². The molecule has 1 rings (SSSR count). The van der Waals surface area contributed by atoms with Crippen LogP contribution in [0.2, 0.25) is 5.02 Å². The van der Waals surface area contributed by atoms with Crippen LogP contribution >= 0.6 is 27.5 Å². The maximum Gasteiger partial charge on any atom is 0.0548 e. The van der Waals surface area contributed by atoms with Crippen molar-refractivity contribution in [3.05, 3.63) is 33.3 Å². The van der Waals surface area contributed by atoms with Gasteiger partial charge < -0.3 is 5.32 Å². The van der Waals surface area contributed by atoms with Crippen LogP contribution < -0.4 is 5.32 Å². The molecule has 1 atom stereocenters. The Balaban J connectivity index is 2.75. The smallest absolute Gasteiger partial charge is 0.0548 e. The summed E-state index contributed by atoms with van der Waals surface area (Å²) in [6.07, 6.45) is 4.84. The van der Waals surface area contributed by atoms with Gasteiger partial charge in [0.1, 0.15) is 0 Å². The molecule has 0 spiro atoms. The van der Waals surface area contributed by atoms with Crippen LogP contribution in [0.4, 0.5) is 0 Å². The minimum Gasteiger partial charge on any atom is -0.310 e. The third kappa shape index (κ3) is 4.99. The van der Waals surface area contributed by atoms with Gasteiger partial charge in [-0.2, -0.15) is 0 Å². The van der Waals surface area contributed by atoms with E-state index in [1.54, 1.807) is 0 Å². The summed E-state index contributed by atoms with van der Waals surface area (Å²) in [5, 5.41) is 4.38. The lowest BCUT2D eigenvalue weighted by atomic mass is 10.0. The summed E-state index contributed by atoms with van der Waals surface area (Å²) in [5.41, 5.74) is 1.32. The van der Waals surface area contributed by atoms with Crippen molar-refractivity contribution in [3.8, 4) is 0 Å². The fourth-order valence-corrected chi connectivity index (χ4v) is 2.36. The molecular formula is C14H21BrClN. The first-order valence-electron chi connectivity index (χ1n) is 6.37. The fourth-order valence-electron chi connectivity index (χ4n) is 1.84. The van der Waals surface area contributed by atoms with Gasteiger partial charge in [-0.3, -0.25) is 0 Å². The number of rotatable bonds is 7. The first-order valence-corrected chi connectivity index (χ1v) is 7.54. The van der Waals surface area contributed by atoms with E-state index in [0.717, 1.165) is 22.5 Å². The van der Waals surface area contributed by atoms with Crippen molar-refractivity contribution >= 4 is 27.5 Å². The predicted molar refractivity (Wildman–Crippen MR) is 79.7 cm³/mol. The van der Waals surface area contributed by atoms with Crippen molar-refractivity contribution in [1.29, 1.82) is 0 Å². The summed E-state index contributed by atoms with van der Waals surface area (Å²) in [6.45, 7) is 5.49. The highest BCUT2D eigenvalue weighted by molar-refractivity contribution is 9.10. The Labute approximate surface area is 118 Å². The van der Waals surface area contributed by atoms with E-state index >= 15 is 0 Å². The van der Waals surface area contributed by atoms with Crippen molar-refractivity contribution in [3.63, 3.8) is 0 Å². The molecule has 0 amide bonds. The molecule has 0 radical (unpaired) electrons. The second-order valence-corrected chi connectivity index (χ2v) is 5.58. The maximum atomic E-state index is 6.03. The molecule has 96 valence electrons. The lowest BCUT2D eigenvalue weighted by Crippen LogP contribution is -2.22. The second kappa shape index (κ2) is 8.12. The highest BCUT2D eigenvalue weighted by atomic mass is 79.9. The maximum absolute atomic E-state index is 6.03. The van der Waals surface area contributed by atoms with E-state index in [9.17, 15) is 0 Å². The van der Waals surface area contributed by atoms with Gasteiger partial charge in [0.25, 0.3) is 0 Å². The minimum absolute atomic E-state index is 0.448. The Morgan fingerprint density at radius 3 is 2.65 bits per heavy atom. The average Bonchev–Trinajstić information content (AvgIpc) is 2.33. The zero-order valence-electron chi connectivity index (χ0n) is 10.6. The van der Waals surface area contributed by atoms with E-state index < -0.39 is 0 Å². The van der Waals surface area contributed by atoms with Crippen LogP contribution in [0.25, 0.3) is 0 Å². The molecule has 3 heteroatoms. The van der Waals surface area contributed by atoms with E-state index in [2.05, 4.69) is 47.2 Å². The fraction of sp³-hybridized carbons (Fsp3) is 0.571. The molecule has 0 bridgehead atoms. The van der Waals surface area contributed by atoms with Crippen LogP contribution in [-0.4, -0.2) is 6.54 Å². The number of unbranched alkanes of at least 4 members (excludes halogenated alkanes) is 1. The van der Waals surface area contributed by atoms with Gasteiger partial charge in [-0.25, -0.2) is 0 Å². The molecular weight excluding hydrogens is 298 g/mol. The van der Waals surface area contributed by atoms with Gasteiger partial charge in [0.15, 0.2) is 0 Å². The van der Waals surface area contributed by atoms with E-state index in [1.165, 1.54) is 24.8 Å². The molecule has 0 saturated heterocycles. The Bertz CT molecular complexity index is 333. The van der Waals surface area contributed by atoms with E-state index in [1.807, 2.05) is 6.07 Å². The topological polar surface area (TPSA) is 12.0 Å². The highest BCUT2D eigenvalue weighted by Gasteiger charge is 2.11. The van der Waals surface area contributed by atoms with Crippen molar-refractivity contribution in [1.82, 2.24) is 5.32 Å². The molecule has 0 saturated carbocycles. The summed E-state index contributed by atoms with van der Waals surface area (Å²) in [4.78, 5) is 0. The molecule has 1 aromatic rings. The van der Waals surface area contributed by atoms with E-state index in [-0.39, 0.29) is 0 Å². The summed E-state index contributed by atoms with van der Waals surface area (Å²) in [7, 11) is 0. The van der Waals surface area contributed by atoms with Crippen LogP contribution in [0.3, 0.4) is 0 Å². The molecule has 1 unspecified atom stereocenters. The molecule has 17 heavy (non-hydrogen) atoms. The van der Waals surface area contributed by atoms with Crippen LogP contribution in [0.15, 0.2) is 22.7 Å². The van der Waals surface area contributed by atoms with E-state index in [0.29, 0.717) is 6.04 Å². The van der Waals surface area contributed by atoms with Gasteiger partial charge in [-0.15, -0.1) is 0 Å². The first kappa shape index (κ1) is 15.0. The third-order valence-electron chi connectivity index (χ3n) is 2.83. The van der Waals surface area contributed by atoms with Gasteiger partial charge in [0, 0.05) is 10.5 Å². The normalized spacial score (nSPS) is 12.7. The zero-order chi connectivity index (χ0) is 12.7. The molecule has 1 N–H and O–H groups in total. The molecule has 0 fully saturated rings. The summed E-state index contributed by atoms with van der Waals surface area (Å²) < 4.78 is 0.983. The largest absolute Gasteiger partial charge is 0.310 e. The van der Waals surface area contributed by atoms with Crippen LogP contribution in [0.1, 0.15) is 51.1 Å². The number of hydrogen-bond acceptors (Lipinski definition) is 1. The van der Waals surface area contributed by atoms with Gasteiger partial charge in [-0.05, 0) is 53.0 Å². The summed E-state index contributed by atoms with van der Waals surface area (Å²) >= 11 is 9.52. The average molecular weight is 319 g/mol. The van der Waals surface area contributed by atoms with E-state index in [4.69, 9.17) is 11.6 Å². The Hall–Kier alpha value is -0.0500. The molecule has 0 aliphatic heterocycles. The van der Waals surface area contributed by atoms with Crippen LogP contribution in [0.5, 0.6) is 0 Å². The SMILES string of the molecule is CCCCC(NCCC)c1ccc(Cl)c(Br)c1. The third-order valence-corrected chi connectivity index (χ3v) is 4.05. The Morgan fingerprint density at radius 1 is 1.29 bits per heavy atom. The van der Waals surface area contributed by atoms with Crippen molar-refractivity contribution in [2.45, 2.75) is 45.6 Å². The molecule has 0 aliphatic carbocycles. The van der Waals surface area contributed by atoms with Crippen LogP contribution in [-0.2, 0) is 0 Å². The minimum atomic E-state index is 0.448. The standard InChI is InChI=1S/C14H21BrClN/c1-3-5-6-14(17-9-4-2)11-7-8-13(16)12(15)10-11/h7-8,10,14,17H,3-6,9H2,1-2H3. The number of halogens is 2. The highest BCUT2D eigenvalue weighted by Crippen LogP contribution is 2.28. The van der Waals surface area contributed by atoms with Gasteiger partial charge in [-0.1, -0.05) is 44.4 Å². The molecule has 1 aromatic carbocycles. The Kier molecular flexibility index (Phi) is 7.17. The Morgan fingerprint density at radius 2 is 2.06 bits per heavy atom. The molecule has 0 aromatic heterocycles. The molecule has 1 nitrogen and oxygen atoms in total. The summed E-state index contributed by atoms with van der Waals surface area (Å²) in [6, 6.07) is 6.66. The molecule has 0 heterocycles. The number of benzene rings is 1. The lowest BCUT2D eigenvalue weighted by Gasteiger charge is -2.19. The van der Waals surface area contributed by atoms with Gasteiger partial charge >= 0.3 is 0 Å². The quantitative estimate of drug-likeness (QED) is 0.716. The first-order chi connectivity index (χ1) is 8.19. The molecule has 0 aliphatic rings. The van der Waals surface area contributed by atoms with Gasteiger partial charge in [0.2, 0.25) is 0 Å². The summed E-state index contributed by atoms with van der Waals surface area (Å²) in [5.74, 6) is 0. The second-order valence-electron chi connectivity index (χ2n) is 4.32. The van der Waals surface area contributed by atoms with Crippen molar-refractivity contribution in [2.75, 3.05) is 6.54 Å². The monoisotopic (exact) mass is 317 g/mol. The number of nitrogens with one attached hydrogen (secondary N) is 1. The van der Waals surface area contributed by atoms with Crippen molar-refractivity contribution < 1.29 is 0 Å². The van der Waals surface area contributed by atoms with Crippen LogP contribution in [0, 0.1) is 0 Å². The predicted octanol–water partition coefficient (Wildman–Crippen LogP) is 5.33. The number of hydrogen-bond donors (Lipinski definition) is 1. The van der Waals surface area contributed by atoms with Crippen molar-refractivity contribution in [2.24, 2.45) is 0 Å². The zero-order valence-corrected chi connectivity index (χ0v) is 12.9. The lowest BCUT2D eigenvalue weighted by molar-refractivity contribution is 0.481.